The topological polar surface area (TPSA) is 46.5 Å². The summed E-state index contributed by atoms with van der Waals surface area (Å²) in [5.41, 5.74) is 5.76. The highest BCUT2D eigenvalue weighted by Crippen LogP contribution is 2.17. The van der Waals surface area contributed by atoms with Crippen molar-refractivity contribution in [3.63, 3.8) is 0 Å². The zero-order chi connectivity index (χ0) is 23.6. The Hall–Kier alpha value is -1.61. The van der Waals surface area contributed by atoms with E-state index < -0.39 is 6.10 Å². The summed E-state index contributed by atoms with van der Waals surface area (Å²) in [6.45, 7) is 15.1. The van der Waals surface area contributed by atoms with Gasteiger partial charge < -0.3 is 9.84 Å². The Morgan fingerprint density at radius 3 is 1.71 bits per heavy atom. The van der Waals surface area contributed by atoms with Gasteiger partial charge in [-0.1, -0.05) is 53.5 Å². The quantitative estimate of drug-likeness (QED) is 0.199. The van der Waals surface area contributed by atoms with Crippen LogP contribution in [0.3, 0.4) is 0 Å². The van der Waals surface area contributed by atoms with Crippen LogP contribution in [0.25, 0.3) is 0 Å². The van der Waals surface area contributed by atoms with Crippen molar-refractivity contribution in [2.45, 2.75) is 112 Å². The molecule has 0 aliphatic heterocycles. The van der Waals surface area contributed by atoms with Gasteiger partial charge in [-0.05, 0) is 98.8 Å². The second-order valence-corrected chi connectivity index (χ2v) is 9.18. The summed E-state index contributed by atoms with van der Waals surface area (Å²) in [7, 11) is 0. The molecule has 1 N–H and O–H groups in total. The fourth-order valence-corrected chi connectivity index (χ4v) is 3.36. The van der Waals surface area contributed by atoms with Crippen LogP contribution in [-0.2, 0) is 9.53 Å². The SMILES string of the molecule is CCOC(=O)CC(O)C(C)CCC=C(C)CCC=C(C)CCC=C(C)CCC=C(C)C. The second kappa shape index (κ2) is 18.0. The number of hydrogen-bond acceptors (Lipinski definition) is 3. The van der Waals surface area contributed by atoms with Crippen LogP contribution in [0.15, 0.2) is 46.6 Å². The molecule has 2 atom stereocenters. The minimum Gasteiger partial charge on any atom is -0.466 e. The predicted octanol–water partition coefficient (Wildman–Crippen LogP) is 7.86. The molecule has 0 amide bonds. The Balaban J connectivity index is 4.12. The zero-order valence-corrected chi connectivity index (χ0v) is 21.3. The van der Waals surface area contributed by atoms with Crippen molar-refractivity contribution < 1.29 is 14.6 Å². The van der Waals surface area contributed by atoms with Gasteiger partial charge in [-0.2, -0.15) is 0 Å². The van der Waals surface area contributed by atoms with E-state index in [1.165, 1.54) is 22.3 Å². The van der Waals surface area contributed by atoms with Crippen molar-refractivity contribution in [3.8, 4) is 0 Å². The van der Waals surface area contributed by atoms with E-state index in [1.54, 1.807) is 6.92 Å². The second-order valence-electron chi connectivity index (χ2n) is 9.18. The molecule has 31 heavy (non-hydrogen) atoms. The summed E-state index contributed by atoms with van der Waals surface area (Å²) < 4.78 is 4.91. The minimum atomic E-state index is -0.622. The largest absolute Gasteiger partial charge is 0.466 e. The average molecular weight is 433 g/mol. The lowest BCUT2D eigenvalue weighted by Gasteiger charge is -2.17. The fourth-order valence-electron chi connectivity index (χ4n) is 3.36. The van der Waals surface area contributed by atoms with Gasteiger partial charge in [0.1, 0.15) is 0 Å². The molecule has 3 nitrogen and oxygen atoms in total. The number of allylic oxidation sites excluding steroid dienone is 8. The van der Waals surface area contributed by atoms with E-state index >= 15 is 0 Å². The van der Waals surface area contributed by atoms with E-state index in [0.717, 1.165) is 51.4 Å². The van der Waals surface area contributed by atoms with Crippen molar-refractivity contribution in [1.82, 2.24) is 0 Å². The maximum Gasteiger partial charge on any atom is 0.308 e. The number of carbonyl (C=O) groups is 1. The number of hydrogen-bond donors (Lipinski definition) is 1. The van der Waals surface area contributed by atoms with E-state index in [0.29, 0.717) is 6.61 Å². The van der Waals surface area contributed by atoms with Crippen LogP contribution < -0.4 is 0 Å². The Kier molecular flexibility index (Phi) is 17.1. The molecule has 3 heteroatoms. The third kappa shape index (κ3) is 17.7. The summed E-state index contributed by atoms with van der Waals surface area (Å²) in [6, 6.07) is 0. The first kappa shape index (κ1) is 29.4. The van der Waals surface area contributed by atoms with Gasteiger partial charge in [0.15, 0.2) is 0 Å². The smallest absolute Gasteiger partial charge is 0.308 e. The van der Waals surface area contributed by atoms with Crippen molar-refractivity contribution in [3.05, 3.63) is 46.6 Å². The number of ether oxygens (including phenoxy) is 1. The van der Waals surface area contributed by atoms with Crippen LogP contribution in [0, 0.1) is 5.92 Å². The Labute approximate surface area is 192 Å². The third-order valence-corrected chi connectivity index (χ3v) is 5.61. The van der Waals surface area contributed by atoms with Gasteiger partial charge in [-0.25, -0.2) is 0 Å². The molecule has 0 saturated carbocycles. The molecule has 2 unspecified atom stereocenters. The number of aliphatic hydroxyl groups excluding tert-OH is 1. The Morgan fingerprint density at radius 2 is 1.26 bits per heavy atom. The van der Waals surface area contributed by atoms with Gasteiger partial charge in [0.05, 0.1) is 19.1 Å². The van der Waals surface area contributed by atoms with Gasteiger partial charge in [0, 0.05) is 0 Å². The highest BCUT2D eigenvalue weighted by Gasteiger charge is 2.18. The number of rotatable bonds is 16. The molecule has 0 spiro atoms. The molecular weight excluding hydrogens is 384 g/mol. The van der Waals surface area contributed by atoms with Crippen LogP contribution in [0.1, 0.15) is 106 Å². The molecule has 0 aromatic rings. The average Bonchev–Trinajstić information content (AvgIpc) is 2.67. The van der Waals surface area contributed by atoms with Crippen LogP contribution in [-0.4, -0.2) is 23.8 Å². The lowest BCUT2D eigenvalue weighted by atomic mass is 9.95. The van der Waals surface area contributed by atoms with Gasteiger partial charge in [-0.15, -0.1) is 0 Å². The monoisotopic (exact) mass is 432 g/mol. The highest BCUT2D eigenvalue weighted by molar-refractivity contribution is 5.69. The van der Waals surface area contributed by atoms with Crippen LogP contribution in [0.5, 0.6) is 0 Å². The van der Waals surface area contributed by atoms with Gasteiger partial charge in [0.25, 0.3) is 0 Å². The summed E-state index contributed by atoms with van der Waals surface area (Å²) >= 11 is 0. The molecular formula is C28H48O3. The predicted molar refractivity (Wildman–Crippen MR) is 134 cm³/mol. The van der Waals surface area contributed by atoms with Crippen LogP contribution in [0.4, 0.5) is 0 Å². The molecule has 0 aromatic heterocycles. The minimum absolute atomic E-state index is 0.0892. The first-order valence-corrected chi connectivity index (χ1v) is 12.1. The summed E-state index contributed by atoms with van der Waals surface area (Å²) in [5, 5.41) is 10.1. The lowest BCUT2D eigenvalue weighted by Crippen LogP contribution is -2.22. The van der Waals surface area contributed by atoms with Crippen molar-refractivity contribution in [2.24, 2.45) is 5.92 Å². The summed E-state index contributed by atoms with van der Waals surface area (Å²) in [4.78, 5) is 11.5. The molecule has 0 aromatic carbocycles. The molecule has 0 saturated heterocycles. The normalized spacial score (nSPS) is 14.9. The first-order chi connectivity index (χ1) is 14.6. The van der Waals surface area contributed by atoms with Gasteiger partial charge in [0.2, 0.25) is 0 Å². The molecule has 0 heterocycles. The van der Waals surface area contributed by atoms with Crippen LogP contribution >= 0.6 is 0 Å². The molecule has 0 aliphatic carbocycles. The van der Waals surface area contributed by atoms with Crippen molar-refractivity contribution in [1.29, 1.82) is 0 Å². The Morgan fingerprint density at radius 1 is 0.806 bits per heavy atom. The maximum atomic E-state index is 11.5. The maximum absolute atomic E-state index is 11.5. The molecule has 0 bridgehead atoms. The number of esters is 1. The first-order valence-electron chi connectivity index (χ1n) is 12.1. The summed E-state index contributed by atoms with van der Waals surface area (Å²) in [5.74, 6) is -0.223. The molecule has 0 fully saturated rings. The van der Waals surface area contributed by atoms with Crippen molar-refractivity contribution in [2.75, 3.05) is 6.61 Å². The van der Waals surface area contributed by atoms with E-state index in [4.69, 9.17) is 4.74 Å². The molecule has 0 rings (SSSR count). The van der Waals surface area contributed by atoms with Gasteiger partial charge >= 0.3 is 5.97 Å². The number of aliphatic hydroxyl groups is 1. The fraction of sp³-hybridized carbons (Fsp3) is 0.679. The highest BCUT2D eigenvalue weighted by atomic mass is 16.5. The van der Waals surface area contributed by atoms with Crippen LogP contribution in [0.2, 0.25) is 0 Å². The van der Waals surface area contributed by atoms with Gasteiger partial charge in [-0.3, -0.25) is 4.79 Å². The third-order valence-electron chi connectivity index (χ3n) is 5.61. The lowest BCUT2D eigenvalue weighted by molar-refractivity contribution is -0.146. The van der Waals surface area contributed by atoms with E-state index in [9.17, 15) is 9.90 Å². The standard InChI is InChI=1S/C28H48O3/c1-8-31-28(30)21-27(29)26(7)20-12-19-25(6)18-11-17-24(5)16-10-15-23(4)14-9-13-22(2)3/h13,15,17,19,26-27,29H,8-12,14,16,18,20-21H2,1-7H3. The molecule has 178 valence electrons. The molecule has 0 radical (unpaired) electrons. The summed E-state index contributed by atoms with van der Waals surface area (Å²) in [6.07, 6.45) is 17.4. The Bertz CT molecular complexity index is 618. The van der Waals surface area contributed by atoms with E-state index in [2.05, 4.69) is 58.9 Å². The number of carbonyl (C=O) groups excluding carboxylic acids is 1. The molecule has 0 aliphatic rings. The van der Waals surface area contributed by atoms with E-state index in [1.807, 2.05) is 6.92 Å². The van der Waals surface area contributed by atoms with Crippen molar-refractivity contribution >= 4 is 5.97 Å². The zero-order valence-electron chi connectivity index (χ0n) is 21.3. The van der Waals surface area contributed by atoms with E-state index in [-0.39, 0.29) is 18.3 Å².